The maximum Gasteiger partial charge on any atom is 0.295 e. The fourth-order valence-electron chi connectivity index (χ4n) is 2.64. The first-order valence-corrected chi connectivity index (χ1v) is 8.17. The molecule has 0 aliphatic heterocycles. The molecule has 0 radical (unpaired) electrons. The van der Waals surface area contributed by atoms with Crippen LogP contribution in [0.4, 0.5) is 5.69 Å². The number of nitrogen functional groups attached to an aromatic ring is 1. The van der Waals surface area contributed by atoms with Crippen molar-refractivity contribution in [3.63, 3.8) is 0 Å². The summed E-state index contributed by atoms with van der Waals surface area (Å²) in [4.78, 5) is -0.108. The second kappa shape index (κ2) is 5.12. The van der Waals surface area contributed by atoms with Crippen LogP contribution in [0.3, 0.4) is 0 Å². The van der Waals surface area contributed by atoms with Crippen molar-refractivity contribution in [2.75, 3.05) is 5.73 Å². The lowest BCUT2D eigenvalue weighted by atomic mass is 9.98. The molecule has 5 heteroatoms. The maximum atomic E-state index is 12.0. The summed E-state index contributed by atoms with van der Waals surface area (Å²) in [5.41, 5.74) is 8.42. The van der Waals surface area contributed by atoms with E-state index in [1.54, 1.807) is 30.3 Å². The molecule has 0 unspecified atom stereocenters. The van der Waals surface area contributed by atoms with Gasteiger partial charge in [0.2, 0.25) is 0 Å². The fourth-order valence-corrected chi connectivity index (χ4v) is 3.56. The summed E-state index contributed by atoms with van der Waals surface area (Å²) in [6, 6.07) is 15.9. The molecule has 112 valence electrons. The summed E-state index contributed by atoms with van der Waals surface area (Å²) in [5, 5.41) is 1.22. The third-order valence-corrected chi connectivity index (χ3v) is 4.59. The van der Waals surface area contributed by atoms with Gasteiger partial charge in [0, 0.05) is 22.2 Å². The van der Waals surface area contributed by atoms with Crippen molar-refractivity contribution in [2.45, 2.75) is 11.8 Å². The average Bonchev–Trinajstić information content (AvgIpc) is 2.47. The zero-order valence-corrected chi connectivity index (χ0v) is 12.8. The number of fused-ring (bicyclic) bond motifs is 1. The van der Waals surface area contributed by atoms with Crippen molar-refractivity contribution >= 4 is 26.6 Å². The van der Waals surface area contributed by atoms with E-state index in [0.717, 1.165) is 10.9 Å². The molecule has 0 aromatic heterocycles. The highest BCUT2D eigenvalue weighted by Crippen LogP contribution is 2.36. The molecule has 0 amide bonds. The second-order valence-electron chi connectivity index (χ2n) is 5.23. The first-order chi connectivity index (χ1) is 10.4. The van der Waals surface area contributed by atoms with Crippen molar-refractivity contribution < 1.29 is 13.0 Å². The van der Waals surface area contributed by atoms with Gasteiger partial charge in [0.15, 0.2) is 0 Å². The summed E-state index contributed by atoms with van der Waals surface area (Å²) in [7, 11) is -4.39. The van der Waals surface area contributed by atoms with Crippen molar-refractivity contribution in [3.05, 3.63) is 60.2 Å². The van der Waals surface area contributed by atoms with Crippen LogP contribution in [0, 0.1) is 6.92 Å². The van der Waals surface area contributed by atoms with E-state index in [9.17, 15) is 13.0 Å². The third kappa shape index (κ3) is 2.45. The molecule has 0 heterocycles. The molecule has 0 bridgehead atoms. The lowest BCUT2D eigenvalue weighted by Crippen LogP contribution is -2.03. The Kier molecular flexibility index (Phi) is 3.39. The van der Waals surface area contributed by atoms with E-state index in [0.29, 0.717) is 22.2 Å². The van der Waals surface area contributed by atoms with E-state index in [-0.39, 0.29) is 4.90 Å². The third-order valence-electron chi connectivity index (χ3n) is 3.64. The highest BCUT2D eigenvalue weighted by atomic mass is 32.2. The van der Waals surface area contributed by atoms with Gasteiger partial charge in [-0.2, -0.15) is 8.42 Å². The number of nitrogens with two attached hydrogens (primary N) is 1. The van der Waals surface area contributed by atoms with Gasteiger partial charge in [0.1, 0.15) is 4.90 Å². The molecule has 0 saturated carbocycles. The topological polar surface area (TPSA) is 80.4 Å². The van der Waals surface area contributed by atoms with Gasteiger partial charge >= 0.3 is 0 Å². The molecule has 0 aliphatic carbocycles. The Balaban J connectivity index is 2.47. The molecular weight excluding hydrogens is 298 g/mol. The molecule has 4 nitrogen and oxygen atoms in total. The van der Waals surface area contributed by atoms with E-state index >= 15 is 0 Å². The number of hydrogen-bond acceptors (Lipinski definition) is 3. The Hall–Kier alpha value is -2.37. The lowest BCUT2D eigenvalue weighted by molar-refractivity contribution is 0.484. The molecule has 0 fully saturated rings. The molecule has 3 aromatic carbocycles. The molecule has 22 heavy (non-hydrogen) atoms. The van der Waals surface area contributed by atoms with E-state index in [4.69, 9.17) is 5.73 Å². The van der Waals surface area contributed by atoms with E-state index < -0.39 is 10.1 Å². The van der Waals surface area contributed by atoms with Gasteiger partial charge in [-0.3, -0.25) is 4.55 Å². The van der Waals surface area contributed by atoms with Gasteiger partial charge in [-0.15, -0.1) is 0 Å². The summed E-state index contributed by atoms with van der Waals surface area (Å²) >= 11 is 0. The van der Waals surface area contributed by atoms with Gasteiger partial charge in [-0.25, -0.2) is 0 Å². The van der Waals surface area contributed by atoms with Crippen molar-refractivity contribution in [1.82, 2.24) is 0 Å². The molecule has 3 N–H and O–H groups in total. The fraction of sp³-hybridized carbons (Fsp3) is 0.0588. The first kappa shape index (κ1) is 14.6. The molecule has 0 aliphatic rings. The minimum absolute atomic E-state index is 0.108. The number of benzene rings is 3. The van der Waals surface area contributed by atoms with Crippen LogP contribution in [-0.4, -0.2) is 13.0 Å². The van der Waals surface area contributed by atoms with Crippen LogP contribution in [-0.2, 0) is 10.1 Å². The van der Waals surface area contributed by atoms with Crippen LogP contribution in [0.1, 0.15) is 5.56 Å². The van der Waals surface area contributed by atoms with Crippen LogP contribution in [0.25, 0.3) is 21.9 Å². The number of rotatable bonds is 2. The molecule has 0 saturated heterocycles. The highest BCUT2D eigenvalue weighted by Gasteiger charge is 2.21. The smallest absolute Gasteiger partial charge is 0.295 e. The molecular formula is C17H15NO3S. The van der Waals surface area contributed by atoms with Gasteiger partial charge < -0.3 is 5.73 Å². The Morgan fingerprint density at radius 3 is 2.41 bits per heavy atom. The minimum Gasteiger partial charge on any atom is -0.398 e. The van der Waals surface area contributed by atoms with Gasteiger partial charge in [-0.1, -0.05) is 48.0 Å². The average molecular weight is 313 g/mol. The zero-order valence-electron chi connectivity index (χ0n) is 11.9. The monoisotopic (exact) mass is 313 g/mol. The summed E-state index contributed by atoms with van der Waals surface area (Å²) in [6.45, 7) is 1.90. The Labute approximate surface area is 129 Å². The Bertz CT molecular complexity index is 978. The van der Waals surface area contributed by atoms with E-state index in [2.05, 4.69) is 0 Å². The van der Waals surface area contributed by atoms with Gasteiger partial charge in [0.25, 0.3) is 10.1 Å². The Morgan fingerprint density at radius 1 is 0.955 bits per heavy atom. The van der Waals surface area contributed by atoms with Crippen LogP contribution in [0.2, 0.25) is 0 Å². The quantitative estimate of drug-likeness (QED) is 0.559. The molecule has 0 atom stereocenters. The molecule has 0 spiro atoms. The predicted molar refractivity (Wildman–Crippen MR) is 88.3 cm³/mol. The SMILES string of the molecule is Cc1ccc(N)c(-c2ccc3ccccc3c2S(=O)(=O)O)c1. The van der Waals surface area contributed by atoms with Crippen LogP contribution >= 0.6 is 0 Å². The number of aryl methyl sites for hydroxylation is 1. The zero-order chi connectivity index (χ0) is 15.9. The van der Waals surface area contributed by atoms with Crippen molar-refractivity contribution in [1.29, 1.82) is 0 Å². The molecule has 3 aromatic rings. The standard InChI is InChI=1S/C17H15NO3S/c1-11-6-9-16(18)15(10-11)14-8-7-12-4-2-3-5-13(12)17(14)22(19,20)21/h2-10H,18H2,1H3,(H,19,20,21). The predicted octanol–water partition coefficient (Wildman–Crippen LogP) is 3.64. The van der Waals surface area contributed by atoms with E-state index in [1.807, 2.05) is 31.2 Å². The number of anilines is 1. The summed E-state index contributed by atoms with van der Waals surface area (Å²) in [6.07, 6.45) is 0. The summed E-state index contributed by atoms with van der Waals surface area (Å²) in [5.74, 6) is 0. The van der Waals surface area contributed by atoms with Crippen molar-refractivity contribution in [3.8, 4) is 11.1 Å². The Morgan fingerprint density at radius 2 is 1.68 bits per heavy atom. The van der Waals surface area contributed by atoms with Crippen molar-refractivity contribution in [2.24, 2.45) is 0 Å². The van der Waals surface area contributed by atoms with Crippen LogP contribution < -0.4 is 5.73 Å². The minimum atomic E-state index is -4.39. The largest absolute Gasteiger partial charge is 0.398 e. The highest BCUT2D eigenvalue weighted by molar-refractivity contribution is 7.86. The van der Waals surface area contributed by atoms with Crippen LogP contribution in [0.5, 0.6) is 0 Å². The van der Waals surface area contributed by atoms with Gasteiger partial charge in [-0.05, 0) is 24.4 Å². The molecule has 3 rings (SSSR count). The lowest BCUT2D eigenvalue weighted by Gasteiger charge is -2.13. The first-order valence-electron chi connectivity index (χ1n) is 6.73. The normalized spacial score (nSPS) is 11.7. The number of hydrogen-bond donors (Lipinski definition) is 2. The maximum absolute atomic E-state index is 12.0. The van der Waals surface area contributed by atoms with Crippen LogP contribution in [0.15, 0.2) is 59.5 Å². The second-order valence-corrected chi connectivity index (χ2v) is 6.59. The van der Waals surface area contributed by atoms with E-state index in [1.165, 1.54) is 0 Å². The van der Waals surface area contributed by atoms with Gasteiger partial charge in [0.05, 0.1) is 0 Å². The summed E-state index contributed by atoms with van der Waals surface area (Å²) < 4.78 is 33.6.